The number of aryl methyl sites for hydroxylation is 4. The first-order valence-corrected chi connectivity index (χ1v) is 23.9. The van der Waals surface area contributed by atoms with Gasteiger partial charge in [-0.1, -0.05) is 13.3 Å². The molecule has 3 aromatic rings. The lowest BCUT2D eigenvalue weighted by Gasteiger charge is -2.33. The van der Waals surface area contributed by atoms with Crippen molar-refractivity contribution in [2.24, 2.45) is 11.5 Å². The van der Waals surface area contributed by atoms with Gasteiger partial charge >= 0.3 is 5.97 Å². The zero-order valence-electron chi connectivity index (χ0n) is 45.6. The normalized spacial score (nSPS) is 14.5. The topological polar surface area (TPSA) is 262 Å². The van der Waals surface area contributed by atoms with E-state index in [9.17, 15) is 54.3 Å². The Bertz CT molecular complexity index is 2180. The smallest absolute Gasteiger partial charge is 0.337 e. The van der Waals surface area contributed by atoms with E-state index in [2.05, 4.69) is 74.5 Å². The number of ketones is 2. The molecule has 0 amide bonds. The molecule has 3 saturated heterocycles. The third-order valence-corrected chi connectivity index (χ3v) is 9.95. The summed E-state index contributed by atoms with van der Waals surface area (Å²) in [6, 6.07) is 0. The van der Waals surface area contributed by atoms with Crippen molar-refractivity contribution in [3.8, 4) is 0 Å². The summed E-state index contributed by atoms with van der Waals surface area (Å²) in [6.45, 7) is 18.3. The number of aromatic nitrogens is 6. The number of Topliss-reactive ketones (excluding diaryl/α,β-unsaturated/α-hetero) is 2. The highest BCUT2D eigenvalue weighted by atomic mass is 35.5. The van der Waals surface area contributed by atoms with Gasteiger partial charge in [0.2, 0.25) is 17.8 Å². The van der Waals surface area contributed by atoms with Gasteiger partial charge in [0.25, 0.3) is 5.56 Å². The lowest BCUT2D eigenvalue weighted by Crippen LogP contribution is -2.45. The van der Waals surface area contributed by atoms with Crippen LogP contribution in [0.3, 0.4) is 0 Å². The van der Waals surface area contributed by atoms with Gasteiger partial charge in [-0.05, 0) is 76.2 Å². The highest BCUT2D eigenvalue weighted by Crippen LogP contribution is 2.22. The second-order valence-electron chi connectivity index (χ2n) is 16.5. The van der Waals surface area contributed by atoms with E-state index >= 15 is 0 Å². The van der Waals surface area contributed by atoms with Crippen LogP contribution in [-0.4, -0.2) is 201 Å². The number of amidine groups is 1. The number of carbonyl (C=O) groups excluding carboxylic acids is 3. The molecule has 0 aliphatic carbocycles. The number of nitrogens with two attached hydrogens (primary N) is 2. The maximum absolute atomic E-state index is 14.3. The molecule has 6 rings (SSSR count). The summed E-state index contributed by atoms with van der Waals surface area (Å²) in [5.74, 6) is -2.86. The highest BCUT2D eigenvalue weighted by molar-refractivity contribution is 6.04. The summed E-state index contributed by atoms with van der Waals surface area (Å²) in [5, 5.41) is 9.55. The Morgan fingerprint density at radius 1 is 0.671 bits per heavy atom. The van der Waals surface area contributed by atoms with Crippen LogP contribution in [0.15, 0.2) is 4.79 Å². The lowest BCUT2D eigenvalue weighted by molar-refractivity contribution is -0.144. The highest BCUT2D eigenvalue weighted by Gasteiger charge is 2.24. The first kappa shape index (κ1) is 74.7. The first-order valence-electron chi connectivity index (χ1n) is 23.9. The molecule has 1 atom stereocenters. The van der Waals surface area contributed by atoms with E-state index in [0.29, 0.717) is 42.7 Å². The molecule has 7 N–H and O–H groups in total. The van der Waals surface area contributed by atoms with Gasteiger partial charge in [0.1, 0.15) is 42.2 Å². The number of esters is 1. The Labute approximate surface area is 447 Å². The fraction of sp³-hybridized carbons (Fsp3) is 0.660. The number of carbonyl (C=O) groups is 3. The van der Waals surface area contributed by atoms with Crippen LogP contribution in [0.2, 0.25) is 0 Å². The molecule has 6 heterocycles. The third kappa shape index (κ3) is 30.9. The van der Waals surface area contributed by atoms with Crippen molar-refractivity contribution in [1.82, 2.24) is 49.9 Å². The third-order valence-electron chi connectivity index (χ3n) is 9.95. The number of piperazine rings is 3. The van der Waals surface area contributed by atoms with Gasteiger partial charge in [0.05, 0.1) is 18.1 Å². The Kier molecular flexibility index (Phi) is 41.8. The van der Waals surface area contributed by atoms with E-state index in [1.54, 1.807) is 13.8 Å². The number of ether oxygens (including phenoxy) is 1. The minimum Gasteiger partial charge on any atom is -0.464 e. The fourth-order valence-electron chi connectivity index (χ4n) is 6.14. The number of nitrogens with one attached hydrogen (secondary N) is 3. The van der Waals surface area contributed by atoms with E-state index < -0.39 is 73.3 Å². The van der Waals surface area contributed by atoms with Crippen LogP contribution in [-0.2, 0) is 38.9 Å². The molecule has 0 bridgehead atoms. The number of likely N-dealkylation sites (N-methyl/N-ethyl adjacent to an activating group) is 3. The van der Waals surface area contributed by atoms with Crippen molar-refractivity contribution in [1.29, 1.82) is 5.41 Å². The zero-order valence-corrected chi connectivity index (χ0v) is 46.4. The molecule has 436 valence electrons. The molecular formula is C47H80ClF8N15O5. The van der Waals surface area contributed by atoms with Crippen LogP contribution in [0.1, 0.15) is 68.7 Å². The standard InChI is InChI=1S/C13H21FN4.C11H16F2N4.C6H6F2N2O.C5H6F2O2.C5H12N2.C4H7FO2.C2H6N2.CH5N.ClH/c1-4-5-11-12(14)13(16-10(2)15-11)18-8-6-17(3)7-9-18;1-8-14-9(7-12)10(13)11(15-8)17-5-3-16(2)4-6-17;1-3-9-4(2-7)5(8)6(11)10-3;1-3(8)5(7)4(9)2-6;1-7-4-2-6-3-5-7;1-2-7-4(6)3-5;1-2(3)4;1-2;/h4-9H2,1-3H3;3-7H2,1-2H3;2H2,1H3,(H,9,10,11);5H,2H2,1H3;6H,2-5H2,1H3;2-3H2,1H3;1H3,(H3,3,4);2H2,1H3;1H. The molecule has 0 saturated carbocycles. The summed E-state index contributed by atoms with van der Waals surface area (Å²) in [4.78, 5) is 72.9. The van der Waals surface area contributed by atoms with Crippen molar-refractivity contribution in [3.63, 3.8) is 0 Å². The molecule has 3 aromatic heterocycles. The average molecular weight is 1120 g/mol. The molecular weight excluding hydrogens is 1040 g/mol. The second-order valence-corrected chi connectivity index (χ2v) is 16.5. The van der Waals surface area contributed by atoms with Gasteiger partial charge in [0, 0.05) is 78.5 Å². The quantitative estimate of drug-likeness (QED) is 0.0600. The minimum absolute atomic E-state index is 0. The molecule has 3 aliphatic heterocycles. The predicted octanol–water partition coefficient (Wildman–Crippen LogP) is 3.89. The number of alkyl halides is 5. The average Bonchev–Trinajstić information content (AvgIpc) is 3.38. The number of rotatable bonds is 11. The van der Waals surface area contributed by atoms with Crippen LogP contribution in [0.25, 0.3) is 0 Å². The molecule has 3 fully saturated rings. The molecule has 29 heteroatoms. The van der Waals surface area contributed by atoms with Crippen LogP contribution >= 0.6 is 12.4 Å². The van der Waals surface area contributed by atoms with Crippen molar-refractivity contribution < 1.29 is 54.2 Å². The van der Waals surface area contributed by atoms with Gasteiger partial charge in [-0.25, -0.2) is 60.4 Å². The van der Waals surface area contributed by atoms with Crippen molar-refractivity contribution in [3.05, 3.63) is 62.4 Å². The van der Waals surface area contributed by atoms with E-state index in [0.717, 1.165) is 65.7 Å². The second kappa shape index (κ2) is 42.5. The number of hydrogen-bond donors (Lipinski definition) is 5. The molecule has 0 aromatic carbocycles. The molecule has 1 unspecified atom stereocenters. The zero-order chi connectivity index (χ0) is 57.8. The molecule has 20 nitrogen and oxygen atoms in total. The molecule has 76 heavy (non-hydrogen) atoms. The predicted molar refractivity (Wildman–Crippen MR) is 281 cm³/mol. The van der Waals surface area contributed by atoms with Gasteiger partial charge in [0.15, 0.2) is 42.4 Å². The van der Waals surface area contributed by atoms with Crippen molar-refractivity contribution >= 4 is 47.4 Å². The SMILES string of the molecule is CC(=N)N.CC(=O)C(F)C(=O)CF.CCCc1nc(C)nc(N2CCN(C)CC2)c1F.CCOC(=O)CF.CN.CN1CCNCC1.Cc1nc(CF)c(F)c(=O)[nH]1.Cc1nc(CF)c(F)c(N2CCN(C)CC2)n1.Cl. The summed E-state index contributed by atoms with van der Waals surface area (Å²) in [6.07, 6.45) is -0.694. The van der Waals surface area contributed by atoms with Crippen molar-refractivity contribution in [2.45, 2.75) is 80.8 Å². The van der Waals surface area contributed by atoms with Crippen molar-refractivity contribution in [2.75, 3.05) is 136 Å². The largest absolute Gasteiger partial charge is 0.464 e. The molecule has 3 aliphatic rings. The van der Waals surface area contributed by atoms with Gasteiger partial charge in [-0.2, -0.15) is 4.39 Å². The van der Waals surface area contributed by atoms with Crippen LogP contribution in [0, 0.1) is 43.6 Å². The maximum atomic E-state index is 14.3. The monoisotopic (exact) mass is 1120 g/mol. The molecule has 0 radical (unpaired) electrons. The van der Waals surface area contributed by atoms with Gasteiger partial charge in [-0.3, -0.25) is 19.8 Å². The first-order chi connectivity index (χ1) is 35.4. The molecule has 0 spiro atoms. The van der Waals surface area contributed by atoms with Gasteiger partial charge in [-0.15, -0.1) is 12.4 Å². The van der Waals surface area contributed by atoms with E-state index in [-0.39, 0.29) is 48.0 Å². The minimum atomic E-state index is -2.27. The lowest BCUT2D eigenvalue weighted by atomic mass is 10.2. The number of anilines is 2. The summed E-state index contributed by atoms with van der Waals surface area (Å²) in [5.41, 5.74) is 8.24. The van der Waals surface area contributed by atoms with Gasteiger partial charge < -0.3 is 51.0 Å². The Balaban J connectivity index is -0.000000850. The van der Waals surface area contributed by atoms with Crippen LogP contribution in [0.4, 0.5) is 46.8 Å². The number of H-pyrrole nitrogens is 1. The number of aromatic amines is 1. The van der Waals surface area contributed by atoms with E-state index in [1.165, 1.54) is 34.0 Å². The fourth-order valence-corrected chi connectivity index (χ4v) is 6.14. The Morgan fingerprint density at radius 3 is 1.38 bits per heavy atom. The number of nitrogens with zero attached hydrogens (tertiary/aromatic N) is 10. The summed E-state index contributed by atoms with van der Waals surface area (Å²) < 4.78 is 104. The van der Waals surface area contributed by atoms with E-state index in [1.807, 2.05) is 30.7 Å². The Hall–Kier alpha value is -5.55. The van der Waals surface area contributed by atoms with E-state index in [4.69, 9.17) is 11.1 Å². The van der Waals surface area contributed by atoms with Crippen LogP contribution in [0.5, 0.6) is 0 Å². The summed E-state index contributed by atoms with van der Waals surface area (Å²) in [7, 11) is 7.76. The number of halogens is 9. The maximum Gasteiger partial charge on any atom is 0.337 e. The number of hydrogen-bond acceptors (Lipinski definition) is 18. The van der Waals surface area contributed by atoms with Crippen LogP contribution < -0.4 is 32.1 Å². The summed E-state index contributed by atoms with van der Waals surface area (Å²) >= 11 is 0. The Morgan fingerprint density at radius 2 is 1.07 bits per heavy atom.